The van der Waals surface area contributed by atoms with Crippen molar-refractivity contribution in [3.8, 4) is 17.0 Å². The number of carbonyl (C=O) groups is 2. The summed E-state index contributed by atoms with van der Waals surface area (Å²) in [6.45, 7) is 1.41. The van der Waals surface area contributed by atoms with Gasteiger partial charge in [0.25, 0.3) is 5.91 Å². The summed E-state index contributed by atoms with van der Waals surface area (Å²) in [5.74, 6) is 0.398. The lowest BCUT2D eigenvalue weighted by molar-refractivity contribution is -0.129. The largest absolute Gasteiger partial charge is 0.497 e. The van der Waals surface area contributed by atoms with Crippen molar-refractivity contribution in [3.63, 3.8) is 0 Å². The molecule has 0 bridgehead atoms. The van der Waals surface area contributed by atoms with E-state index in [0.29, 0.717) is 31.0 Å². The number of likely N-dealkylation sites (tertiary alicyclic amines) is 1. The first-order chi connectivity index (χ1) is 16.1. The maximum absolute atomic E-state index is 13.3. The number of amides is 2. The van der Waals surface area contributed by atoms with Gasteiger partial charge in [-0.15, -0.1) is 0 Å². The molecule has 3 aromatic rings. The quantitative estimate of drug-likeness (QED) is 0.608. The highest BCUT2D eigenvalue weighted by Crippen LogP contribution is 2.52. The molecule has 1 atom stereocenters. The average molecular weight is 446 g/mol. The van der Waals surface area contributed by atoms with Crippen LogP contribution in [0.2, 0.25) is 0 Å². The molecule has 0 radical (unpaired) electrons. The number of pyridine rings is 1. The number of nitrogens with one attached hydrogen (secondary N) is 2. The molecule has 8 heteroatoms. The van der Waals surface area contributed by atoms with E-state index in [2.05, 4.69) is 20.5 Å². The maximum Gasteiger partial charge on any atom is 0.271 e. The molecule has 8 nitrogen and oxygen atoms in total. The van der Waals surface area contributed by atoms with Crippen LogP contribution in [0.15, 0.2) is 54.7 Å². The molecular formula is C25H27N5O3. The Morgan fingerprint density at radius 1 is 1.21 bits per heavy atom. The summed E-state index contributed by atoms with van der Waals surface area (Å²) in [7, 11) is 1.62. The first-order valence-electron chi connectivity index (χ1n) is 11.2. The Morgan fingerprint density at radius 2 is 2.09 bits per heavy atom. The molecule has 2 aromatic heterocycles. The Hall–Kier alpha value is -3.68. The lowest BCUT2D eigenvalue weighted by Crippen LogP contribution is -2.45. The smallest absolute Gasteiger partial charge is 0.271 e. The summed E-state index contributed by atoms with van der Waals surface area (Å²) >= 11 is 0. The number of methoxy groups -OCH3 is 1. The number of ether oxygens (including phenoxy) is 1. The highest BCUT2D eigenvalue weighted by atomic mass is 16.5. The van der Waals surface area contributed by atoms with Crippen LogP contribution in [0.4, 0.5) is 0 Å². The Kier molecular flexibility index (Phi) is 5.58. The van der Waals surface area contributed by atoms with E-state index in [9.17, 15) is 9.59 Å². The molecule has 1 saturated heterocycles. The van der Waals surface area contributed by atoms with E-state index >= 15 is 0 Å². The predicted molar refractivity (Wildman–Crippen MR) is 122 cm³/mol. The molecule has 1 aliphatic heterocycles. The number of aromatic amines is 1. The van der Waals surface area contributed by atoms with Crippen molar-refractivity contribution in [1.82, 2.24) is 25.4 Å². The Labute approximate surface area is 192 Å². The van der Waals surface area contributed by atoms with E-state index in [1.807, 2.05) is 42.5 Å². The molecular weight excluding hydrogens is 418 g/mol. The van der Waals surface area contributed by atoms with E-state index in [1.54, 1.807) is 24.3 Å². The summed E-state index contributed by atoms with van der Waals surface area (Å²) in [6.07, 6.45) is 4.75. The number of hydrogen-bond donors (Lipinski definition) is 2. The van der Waals surface area contributed by atoms with Gasteiger partial charge in [-0.05, 0) is 43.2 Å². The summed E-state index contributed by atoms with van der Waals surface area (Å²) < 4.78 is 5.28. The predicted octanol–water partition coefficient (Wildman–Crippen LogP) is 3.04. The molecule has 33 heavy (non-hydrogen) atoms. The average Bonchev–Trinajstić information content (AvgIpc) is 3.49. The van der Waals surface area contributed by atoms with Gasteiger partial charge in [0.1, 0.15) is 11.4 Å². The summed E-state index contributed by atoms with van der Waals surface area (Å²) in [5, 5.41) is 10.2. The first-order valence-corrected chi connectivity index (χ1v) is 11.2. The minimum atomic E-state index is -0.209. The number of aromatic nitrogens is 3. The lowest BCUT2D eigenvalue weighted by Gasteiger charge is -2.41. The zero-order valence-corrected chi connectivity index (χ0v) is 18.6. The van der Waals surface area contributed by atoms with E-state index < -0.39 is 0 Å². The van der Waals surface area contributed by atoms with Gasteiger partial charge < -0.3 is 15.0 Å². The molecule has 1 spiro atoms. The third kappa shape index (κ3) is 4.08. The van der Waals surface area contributed by atoms with E-state index in [1.165, 1.54) is 0 Å². The second kappa shape index (κ2) is 8.69. The molecule has 1 saturated carbocycles. The van der Waals surface area contributed by atoms with Crippen LogP contribution in [-0.2, 0) is 11.3 Å². The number of benzene rings is 1. The van der Waals surface area contributed by atoms with Gasteiger partial charge in [-0.1, -0.05) is 24.6 Å². The number of nitrogens with zero attached hydrogens (tertiary/aromatic N) is 3. The Bertz CT molecular complexity index is 1160. The number of carbonyl (C=O) groups excluding carboxylic acids is 2. The standard InChI is InChI=1S/C25H27N5O3/c1-33-19-8-4-6-17(12-19)21-13-22(29-28-21)24(32)30-15-20(25(16-30)9-5-10-25)23(31)27-14-18-7-2-3-11-26-18/h2-4,6-8,11-13,20H,5,9-10,14-16H2,1H3,(H,27,31)(H,28,29). The highest BCUT2D eigenvalue weighted by molar-refractivity contribution is 5.94. The van der Waals surface area contributed by atoms with Crippen LogP contribution in [0.25, 0.3) is 11.3 Å². The van der Waals surface area contributed by atoms with Crippen molar-refractivity contribution in [3.05, 3.63) is 66.1 Å². The molecule has 2 aliphatic rings. The third-order valence-electron chi connectivity index (χ3n) is 6.94. The van der Waals surface area contributed by atoms with Gasteiger partial charge in [0.05, 0.1) is 31.0 Å². The Balaban J connectivity index is 1.28. The van der Waals surface area contributed by atoms with Gasteiger partial charge in [-0.3, -0.25) is 19.7 Å². The van der Waals surface area contributed by atoms with Crippen molar-refractivity contribution in [2.75, 3.05) is 20.2 Å². The van der Waals surface area contributed by atoms with Gasteiger partial charge in [0, 0.05) is 30.3 Å². The molecule has 170 valence electrons. The molecule has 3 heterocycles. The minimum Gasteiger partial charge on any atom is -0.497 e. The maximum atomic E-state index is 13.3. The molecule has 5 rings (SSSR count). The lowest BCUT2D eigenvalue weighted by atomic mass is 9.62. The fourth-order valence-electron chi connectivity index (χ4n) is 4.96. The van der Waals surface area contributed by atoms with Crippen molar-refractivity contribution in [1.29, 1.82) is 0 Å². The number of H-pyrrole nitrogens is 1. The first kappa shape index (κ1) is 21.2. The molecule has 2 amide bonds. The van der Waals surface area contributed by atoms with Crippen LogP contribution < -0.4 is 10.1 Å². The van der Waals surface area contributed by atoms with Gasteiger partial charge in [0.15, 0.2) is 0 Å². The van der Waals surface area contributed by atoms with Gasteiger partial charge in [-0.25, -0.2) is 0 Å². The van der Waals surface area contributed by atoms with Gasteiger partial charge >= 0.3 is 0 Å². The molecule has 2 N–H and O–H groups in total. The SMILES string of the molecule is COc1cccc(-c2cc(C(=O)N3CC(C(=O)NCc4ccccn4)C4(CCC4)C3)[nH]n2)c1. The van der Waals surface area contributed by atoms with Crippen LogP contribution in [-0.4, -0.2) is 52.1 Å². The number of rotatable bonds is 6. The zero-order valence-electron chi connectivity index (χ0n) is 18.6. The summed E-state index contributed by atoms with van der Waals surface area (Å²) in [5.41, 5.74) is 2.67. The van der Waals surface area contributed by atoms with Crippen LogP contribution >= 0.6 is 0 Å². The van der Waals surface area contributed by atoms with Crippen LogP contribution in [0.5, 0.6) is 5.75 Å². The van der Waals surface area contributed by atoms with E-state index in [0.717, 1.165) is 36.3 Å². The van der Waals surface area contributed by atoms with E-state index in [4.69, 9.17) is 4.74 Å². The van der Waals surface area contributed by atoms with Gasteiger partial charge in [-0.2, -0.15) is 5.10 Å². The van der Waals surface area contributed by atoms with Crippen molar-refractivity contribution >= 4 is 11.8 Å². The van der Waals surface area contributed by atoms with E-state index in [-0.39, 0.29) is 23.1 Å². The fourth-order valence-corrected chi connectivity index (χ4v) is 4.96. The van der Waals surface area contributed by atoms with Crippen molar-refractivity contribution in [2.24, 2.45) is 11.3 Å². The molecule has 1 aliphatic carbocycles. The molecule has 1 unspecified atom stereocenters. The third-order valence-corrected chi connectivity index (χ3v) is 6.94. The molecule has 2 fully saturated rings. The van der Waals surface area contributed by atoms with Crippen LogP contribution in [0.1, 0.15) is 35.4 Å². The summed E-state index contributed by atoms with van der Waals surface area (Å²) in [6, 6.07) is 15.0. The second-order valence-electron chi connectivity index (χ2n) is 8.89. The minimum absolute atomic E-state index is 0.00247. The van der Waals surface area contributed by atoms with Crippen molar-refractivity contribution in [2.45, 2.75) is 25.8 Å². The zero-order chi connectivity index (χ0) is 22.8. The van der Waals surface area contributed by atoms with Crippen LogP contribution in [0, 0.1) is 11.3 Å². The monoisotopic (exact) mass is 445 g/mol. The normalized spacial score (nSPS) is 18.7. The molecule has 1 aromatic carbocycles. The highest BCUT2D eigenvalue weighted by Gasteiger charge is 2.54. The summed E-state index contributed by atoms with van der Waals surface area (Å²) in [4.78, 5) is 32.4. The van der Waals surface area contributed by atoms with Crippen molar-refractivity contribution < 1.29 is 14.3 Å². The fraction of sp³-hybridized carbons (Fsp3) is 0.360. The Morgan fingerprint density at radius 3 is 2.82 bits per heavy atom. The van der Waals surface area contributed by atoms with Gasteiger partial charge in [0.2, 0.25) is 5.91 Å². The second-order valence-corrected chi connectivity index (χ2v) is 8.89. The van der Waals surface area contributed by atoms with Crippen LogP contribution in [0.3, 0.4) is 0 Å². The number of hydrogen-bond acceptors (Lipinski definition) is 5. The topological polar surface area (TPSA) is 100 Å².